The lowest BCUT2D eigenvalue weighted by Crippen LogP contribution is -2.26. The number of aromatic amines is 1. The van der Waals surface area contributed by atoms with E-state index in [0.29, 0.717) is 30.0 Å². The summed E-state index contributed by atoms with van der Waals surface area (Å²) in [6.07, 6.45) is 4.97. The van der Waals surface area contributed by atoms with Crippen molar-refractivity contribution in [2.45, 2.75) is 11.8 Å². The van der Waals surface area contributed by atoms with Crippen LogP contribution in [0.15, 0.2) is 73.6 Å². The number of phenols is 1. The van der Waals surface area contributed by atoms with Crippen molar-refractivity contribution >= 4 is 16.9 Å². The van der Waals surface area contributed by atoms with Crippen LogP contribution in [0.1, 0.15) is 23.1 Å². The molecule has 0 saturated carbocycles. The van der Waals surface area contributed by atoms with E-state index in [-0.39, 0.29) is 23.5 Å². The van der Waals surface area contributed by atoms with Crippen LogP contribution in [0.3, 0.4) is 0 Å². The van der Waals surface area contributed by atoms with Gasteiger partial charge in [0.05, 0.1) is 5.69 Å². The predicted molar refractivity (Wildman–Crippen MR) is 117 cm³/mol. The first-order valence-electron chi connectivity index (χ1n) is 10.1. The SMILES string of the molecule is C=CC(=O)N1CC(c2cccnc2)C(c2cc3cc(-c4ccccc4O)nnc3[nH]2)C1. The van der Waals surface area contributed by atoms with Crippen LogP contribution in [0.5, 0.6) is 5.75 Å². The van der Waals surface area contributed by atoms with Crippen molar-refractivity contribution in [3.8, 4) is 17.0 Å². The van der Waals surface area contributed by atoms with E-state index in [9.17, 15) is 9.90 Å². The molecule has 31 heavy (non-hydrogen) atoms. The highest BCUT2D eigenvalue weighted by Gasteiger charge is 2.37. The number of benzene rings is 1. The maximum Gasteiger partial charge on any atom is 0.245 e. The lowest BCUT2D eigenvalue weighted by molar-refractivity contribution is -0.125. The minimum atomic E-state index is -0.0749. The predicted octanol–water partition coefficient (Wildman–Crippen LogP) is 3.62. The van der Waals surface area contributed by atoms with Gasteiger partial charge < -0.3 is 15.0 Å². The van der Waals surface area contributed by atoms with E-state index >= 15 is 0 Å². The van der Waals surface area contributed by atoms with E-state index in [1.54, 1.807) is 18.3 Å². The molecule has 7 nitrogen and oxygen atoms in total. The molecule has 1 amide bonds. The summed E-state index contributed by atoms with van der Waals surface area (Å²) < 4.78 is 0. The molecule has 5 rings (SSSR count). The highest BCUT2D eigenvalue weighted by molar-refractivity contribution is 5.87. The van der Waals surface area contributed by atoms with Gasteiger partial charge in [-0.05, 0) is 42.0 Å². The Kier molecular flexibility index (Phi) is 4.71. The normalized spacial score (nSPS) is 18.4. The molecule has 7 heteroatoms. The van der Waals surface area contributed by atoms with Crippen LogP contribution in [-0.2, 0) is 4.79 Å². The number of carbonyl (C=O) groups excluding carboxylic acids is 1. The Bertz CT molecular complexity index is 1270. The molecule has 1 aliphatic rings. The number of H-pyrrole nitrogens is 1. The number of pyridine rings is 1. The molecule has 0 radical (unpaired) electrons. The second-order valence-corrected chi connectivity index (χ2v) is 7.72. The van der Waals surface area contributed by atoms with Gasteiger partial charge in [0.2, 0.25) is 5.91 Å². The van der Waals surface area contributed by atoms with Gasteiger partial charge in [-0.3, -0.25) is 9.78 Å². The smallest absolute Gasteiger partial charge is 0.245 e. The molecule has 1 aliphatic heterocycles. The second kappa shape index (κ2) is 7.68. The first kappa shape index (κ1) is 19.0. The van der Waals surface area contributed by atoms with Crippen molar-refractivity contribution < 1.29 is 9.90 Å². The molecule has 2 N–H and O–H groups in total. The van der Waals surface area contributed by atoms with Crippen molar-refractivity contribution in [3.05, 3.63) is 84.8 Å². The van der Waals surface area contributed by atoms with Gasteiger partial charge in [0.25, 0.3) is 0 Å². The molecule has 1 fully saturated rings. The van der Waals surface area contributed by atoms with Gasteiger partial charge in [-0.2, -0.15) is 0 Å². The summed E-state index contributed by atoms with van der Waals surface area (Å²) in [6, 6.07) is 15.0. The molecule has 2 atom stereocenters. The molecule has 0 spiro atoms. The molecular formula is C24H21N5O2. The van der Waals surface area contributed by atoms with Crippen molar-refractivity contribution in [1.82, 2.24) is 25.1 Å². The third kappa shape index (κ3) is 3.44. The number of likely N-dealkylation sites (tertiary alicyclic amines) is 1. The largest absolute Gasteiger partial charge is 0.507 e. The van der Waals surface area contributed by atoms with Gasteiger partial charge in [-0.15, -0.1) is 10.2 Å². The first-order chi connectivity index (χ1) is 15.1. The number of nitrogens with zero attached hydrogens (tertiary/aromatic N) is 4. The quantitative estimate of drug-likeness (QED) is 0.500. The van der Waals surface area contributed by atoms with Crippen LogP contribution in [-0.4, -0.2) is 49.2 Å². The van der Waals surface area contributed by atoms with Gasteiger partial charge in [0, 0.05) is 54.0 Å². The summed E-state index contributed by atoms with van der Waals surface area (Å²) in [6.45, 7) is 4.81. The van der Waals surface area contributed by atoms with Crippen molar-refractivity contribution in [1.29, 1.82) is 0 Å². The number of aromatic nitrogens is 4. The lowest BCUT2D eigenvalue weighted by atomic mass is 9.87. The van der Waals surface area contributed by atoms with E-state index in [1.807, 2.05) is 41.4 Å². The Hall–Kier alpha value is -4.00. The zero-order chi connectivity index (χ0) is 21.4. The highest BCUT2D eigenvalue weighted by Crippen LogP contribution is 2.40. The van der Waals surface area contributed by atoms with Gasteiger partial charge >= 0.3 is 0 Å². The average molecular weight is 411 g/mol. The fourth-order valence-corrected chi connectivity index (χ4v) is 4.34. The number of hydrogen-bond donors (Lipinski definition) is 2. The number of amides is 1. The Balaban J connectivity index is 1.54. The van der Waals surface area contributed by atoms with E-state index in [1.165, 1.54) is 6.08 Å². The summed E-state index contributed by atoms with van der Waals surface area (Å²) in [5, 5.41) is 19.7. The molecule has 154 valence electrons. The van der Waals surface area contributed by atoms with Crippen LogP contribution in [0, 0.1) is 0 Å². The Morgan fingerprint density at radius 2 is 1.97 bits per heavy atom. The van der Waals surface area contributed by atoms with E-state index < -0.39 is 0 Å². The standard InChI is InChI=1S/C24H21N5O2/c1-2-23(31)29-13-18(15-6-5-9-25-12-15)19(14-29)20-10-16-11-21(27-28-24(16)26-20)17-7-3-4-8-22(17)30/h2-12,18-19,30H,1,13-14H2,(H,26,28). The fraction of sp³-hybridized carbons (Fsp3) is 0.167. The van der Waals surface area contributed by atoms with Crippen LogP contribution in [0.25, 0.3) is 22.3 Å². The number of rotatable bonds is 4. The molecular weight excluding hydrogens is 390 g/mol. The Morgan fingerprint density at radius 3 is 2.74 bits per heavy atom. The zero-order valence-corrected chi connectivity index (χ0v) is 16.8. The summed E-state index contributed by atoms with van der Waals surface area (Å²) in [5.74, 6) is 0.263. The molecule has 4 aromatic rings. The Morgan fingerprint density at radius 1 is 1.13 bits per heavy atom. The fourth-order valence-electron chi connectivity index (χ4n) is 4.34. The van der Waals surface area contributed by atoms with Crippen molar-refractivity contribution in [2.75, 3.05) is 13.1 Å². The summed E-state index contributed by atoms with van der Waals surface area (Å²) in [4.78, 5) is 21.8. The van der Waals surface area contributed by atoms with E-state index in [2.05, 4.69) is 32.8 Å². The second-order valence-electron chi connectivity index (χ2n) is 7.72. The van der Waals surface area contributed by atoms with Crippen LogP contribution in [0.4, 0.5) is 0 Å². The minimum Gasteiger partial charge on any atom is -0.507 e. The van der Waals surface area contributed by atoms with Gasteiger partial charge in [0.15, 0.2) is 5.65 Å². The summed E-state index contributed by atoms with van der Waals surface area (Å²) in [5.41, 5.74) is 4.00. The van der Waals surface area contributed by atoms with Crippen LogP contribution >= 0.6 is 0 Å². The number of para-hydroxylation sites is 1. The number of hydrogen-bond acceptors (Lipinski definition) is 5. The summed E-state index contributed by atoms with van der Waals surface area (Å²) >= 11 is 0. The lowest BCUT2D eigenvalue weighted by Gasteiger charge is -2.16. The van der Waals surface area contributed by atoms with Crippen molar-refractivity contribution in [2.24, 2.45) is 0 Å². The number of phenolic OH excluding ortho intramolecular Hbond substituents is 1. The van der Waals surface area contributed by atoms with Gasteiger partial charge in [-0.25, -0.2) is 0 Å². The van der Waals surface area contributed by atoms with Crippen molar-refractivity contribution in [3.63, 3.8) is 0 Å². The maximum absolute atomic E-state index is 12.3. The van der Waals surface area contributed by atoms with E-state index in [4.69, 9.17) is 0 Å². The average Bonchev–Trinajstić information content (AvgIpc) is 3.43. The molecule has 1 aromatic carbocycles. The van der Waals surface area contributed by atoms with Gasteiger partial charge in [0.1, 0.15) is 5.75 Å². The summed E-state index contributed by atoms with van der Waals surface area (Å²) in [7, 11) is 0. The third-order valence-corrected chi connectivity index (χ3v) is 5.90. The minimum absolute atomic E-state index is 0.0656. The Labute approximate surface area is 179 Å². The number of aromatic hydroxyl groups is 1. The monoisotopic (exact) mass is 411 g/mol. The maximum atomic E-state index is 12.3. The van der Waals surface area contributed by atoms with Crippen LogP contribution < -0.4 is 0 Å². The number of nitrogens with one attached hydrogen (secondary N) is 1. The molecule has 1 saturated heterocycles. The molecule has 0 aliphatic carbocycles. The first-order valence-corrected chi connectivity index (χ1v) is 10.1. The molecule has 3 aromatic heterocycles. The number of carbonyl (C=O) groups is 1. The van der Waals surface area contributed by atoms with Crippen LogP contribution in [0.2, 0.25) is 0 Å². The molecule has 0 bridgehead atoms. The molecule has 2 unspecified atom stereocenters. The number of fused-ring (bicyclic) bond motifs is 1. The molecule has 4 heterocycles. The van der Waals surface area contributed by atoms with Gasteiger partial charge in [-0.1, -0.05) is 24.8 Å². The zero-order valence-electron chi connectivity index (χ0n) is 16.8. The third-order valence-electron chi connectivity index (χ3n) is 5.90. The highest BCUT2D eigenvalue weighted by atomic mass is 16.3. The van der Waals surface area contributed by atoms with E-state index in [0.717, 1.165) is 16.6 Å². The topological polar surface area (TPSA) is 95.0 Å².